The maximum Gasteiger partial charge on any atom is 0.333 e. The molecule has 5 heteroatoms. The van der Waals surface area contributed by atoms with Crippen LogP contribution in [0.15, 0.2) is 24.3 Å². The molecule has 0 fully saturated rings. The molecule has 0 aliphatic rings. The molecule has 0 heterocycles. The minimum Gasteiger partial charge on any atom is -0.462 e. The lowest BCUT2D eigenvalue weighted by Gasteiger charge is -2.09. The molecule has 0 aromatic heterocycles. The van der Waals surface area contributed by atoms with Crippen LogP contribution in [0.25, 0.3) is 0 Å². The Bertz CT molecular complexity index is 362. The van der Waals surface area contributed by atoms with Crippen molar-refractivity contribution >= 4 is 11.9 Å². The predicted molar refractivity (Wildman–Crippen MR) is 89.6 cm³/mol. The van der Waals surface area contributed by atoms with E-state index >= 15 is 0 Å². The fourth-order valence-electron chi connectivity index (χ4n) is 1.000. The Morgan fingerprint density at radius 2 is 1.55 bits per heavy atom. The molecule has 0 unspecified atom stereocenters. The molecule has 0 saturated carbocycles. The van der Waals surface area contributed by atoms with Gasteiger partial charge in [-0.05, 0) is 33.9 Å². The quantitative estimate of drug-likeness (QED) is 0.372. The fourth-order valence-corrected chi connectivity index (χ4v) is 1.000. The van der Waals surface area contributed by atoms with E-state index in [-0.39, 0.29) is 11.9 Å². The van der Waals surface area contributed by atoms with Gasteiger partial charge in [0.25, 0.3) is 0 Å². The lowest BCUT2D eigenvalue weighted by molar-refractivity contribution is -0.140. The monoisotopic (exact) mass is 313 g/mol. The van der Waals surface area contributed by atoms with Gasteiger partial charge in [0.05, 0.1) is 6.61 Å². The van der Waals surface area contributed by atoms with Gasteiger partial charge in [-0.1, -0.05) is 33.4 Å². The topological polar surface area (TPSA) is 55.8 Å². The van der Waals surface area contributed by atoms with Crippen LogP contribution in [0.3, 0.4) is 0 Å². The van der Waals surface area contributed by atoms with Gasteiger partial charge in [-0.15, -0.1) is 0 Å². The molecule has 0 aliphatic heterocycles. The number of nitrogens with zero attached hydrogens (tertiary/aromatic N) is 1. The van der Waals surface area contributed by atoms with E-state index in [1.54, 1.807) is 6.92 Å². The average Bonchev–Trinajstić information content (AvgIpc) is 2.46. The second-order valence-electron chi connectivity index (χ2n) is 5.17. The summed E-state index contributed by atoms with van der Waals surface area (Å²) in [6.07, 6.45) is 2.65. The summed E-state index contributed by atoms with van der Waals surface area (Å²) >= 11 is 0. The van der Waals surface area contributed by atoms with Gasteiger partial charge < -0.3 is 14.4 Å². The van der Waals surface area contributed by atoms with Crippen molar-refractivity contribution in [3.63, 3.8) is 0 Å². The summed E-state index contributed by atoms with van der Waals surface area (Å²) in [6.45, 7) is 14.3. The molecule has 5 nitrogen and oxygen atoms in total. The molecule has 0 rings (SSSR count). The van der Waals surface area contributed by atoms with Crippen molar-refractivity contribution in [3.8, 4) is 0 Å². The molecule has 0 amide bonds. The van der Waals surface area contributed by atoms with Crippen LogP contribution in [0.4, 0.5) is 0 Å². The maximum atomic E-state index is 10.9. The molecule has 0 radical (unpaired) electrons. The van der Waals surface area contributed by atoms with E-state index in [0.717, 1.165) is 19.4 Å². The highest BCUT2D eigenvalue weighted by Gasteiger charge is 2.04. The number of carbonyl (C=O) groups excluding carboxylic acids is 2. The van der Waals surface area contributed by atoms with E-state index in [0.29, 0.717) is 30.8 Å². The van der Waals surface area contributed by atoms with Gasteiger partial charge in [0, 0.05) is 17.7 Å². The van der Waals surface area contributed by atoms with Crippen molar-refractivity contribution in [2.45, 2.75) is 40.0 Å². The smallest absolute Gasteiger partial charge is 0.333 e. The van der Waals surface area contributed by atoms with Gasteiger partial charge in [0.2, 0.25) is 0 Å². The number of rotatable bonds is 9. The first-order valence-corrected chi connectivity index (χ1v) is 7.58. The highest BCUT2D eigenvalue weighted by molar-refractivity contribution is 5.87. The molecule has 0 aromatic rings. The summed E-state index contributed by atoms with van der Waals surface area (Å²) in [6, 6.07) is 0. The third-order valence-corrected chi connectivity index (χ3v) is 2.57. The lowest BCUT2D eigenvalue weighted by atomic mass is 10.2. The molecule has 0 aliphatic carbocycles. The van der Waals surface area contributed by atoms with E-state index in [2.05, 4.69) is 20.1 Å². The summed E-state index contributed by atoms with van der Waals surface area (Å²) < 4.78 is 9.73. The summed E-state index contributed by atoms with van der Waals surface area (Å²) in [4.78, 5) is 23.7. The van der Waals surface area contributed by atoms with Crippen LogP contribution in [0.1, 0.15) is 40.0 Å². The van der Waals surface area contributed by atoms with Crippen LogP contribution in [-0.2, 0) is 19.1 Å². The maximum absolute atomic E-state index is 10.9. The zero-order valence-corrected chi connectivity index (χ0v) is 14.7. The average molecular weight is 313 g/mol. The molecular formula is C17H31NO4. The van der Waals surface area contributed by atoms with Gasteiger partial charge in [-0.3, -0.25) is 0 Å². The highest BCUT2D eigenvalue weighted by atomic mass is 16.5. The molecule has 0 N–H and O–H groups in total. The minimum absolute atomic E-state index is 0.249. The van der Waals surface area contributed by atoms with Crippen LogP contribution in [0, 0.1) is 0 Å². The van der Waals surface area contributed by atoms with E-state index in [9.17, 15) is 9.59 Å². The van der Waals surface area contributed by atoms with Crippen LogP contribution >= 0.6 is 0 Å². The Morgan fingerprint density at radius 3 is 1.95 bits per heavy atom. The molecule has 0 saturated heterocycles. The SMILES string of the molecule is C=C(C)C(=O)OCCN(C)C.C=C(CC)C(=O)OCCCC. The Hall–Kier alpha value is -1.62. The molecule has 0 atom stereocenters. The first-order valence-electron chi connectivity index (χ1n) is 7.58. The van der Waals surface area contributed by atoms with Crippen LogP contribution < -0.4 is 0 Å². The van der Waals surface area contributed by atoms with Crippen molar-refractivity contribution in [1.82, 2.24) is 4.90 Å². The summed E-state index contributed by atoms with van der Waals surface area (Å²) in [5.74, 6) is -0.562. The number of likely N-dealkylation sites (N-methyl/N-ethyl adjacent to an activating group) is 1. The van der Waals surface area contributed by atoms with Gasteiger partial charge in [0.1, 0.15) is 6.61 Å². The standard InChI is InChI=1S/C9H16O2.C8H15NO2/c1-4-6-7-11-9(10)8(3)5-2;1-7(2)8(10)11-6-5-9(3)4/h3-7H2,1-2H3;1,5-6H2,2-4H3. The Kier molecular flexibility index (Phi) is 14.8. The summed E-state index contributed by atoms with van der Waals surface area (Å²) in [5, 5.41) is 0. The normalized spacial score (nSPS) is 9.55. The largest absolute Gasteiger partial charge is 0.462 e. The van der Waals surface area contributed by atoms with Crippen molar-refractivity contribution < 1.29 is 19.1 Å². The number of hydrogen-bond donors (Lipinski definition) is 0. The highest BCUT2D eigenvalue weighted by Crippen LogP contribution is 2.00. The van der Waals surface area contributed by atoms with Gasteiger partial charge in [-0.2, -0.15) is 0 Å². The minimum atomic E-state index is -0.313. The Morgan fingerprint density at radius 1 is 1.00 bits per heavy atom. The van der Waals surface area contributed by atoms with Crippen molar-refractivity contribution in [2.24, 2.45) is 0 Å². The first kappa shape index (κ1) is 22.7. The summed E-state index contributed by atoms with van der Waals surface area (Å²) in [7, 11) is 3.85. The predicted octanol–water partition coefficient (Wildman–Crippen LogP) is 2.96. The van der Waals surface area contributed by atoms with E-state index < -0.39 is 0 Å². The van der Waals surface area contributed by atoms with Gasteiger partial charge >= 0.3 is 11.9 Å². The van der Waals surface area contributed by atoms with Gasteiger partial charge in [-0.25, -0.2) is 9.59 Å². The van der Waals surface area contributed by atoms with Crippen LogP contribution in [0.5, 0.6) is 0 Å². The molecule has 128 valence electrons. The van der Waals surface area contributed by atoms with E-state index in [1.807, 2.05) is 25.9 Å². The fraction of sp³-hybridized carbons (Fsp3) is 0.647. The Labute approximate surface area is 135 Å². The molecular weight excluding hydrogens is 282 g/mol. The third-order valence-electron chi connectivity index (χ3n) is 2.57. The number of esters is 2. The number of hydrogen-bond acceptors (Lipinski definition) is 5. The number of carbonyl (C=O) groups is 2. The van der Waals surface area contributed by atoms with Crippen LogP contribution in [0.2, 0.25) is 0 Å². The van der Waals surface area contributed by atoms with Crippen LogP contribution in [-0.4, -0.2) is 50.7 Å². The zero-order valence-electron chi connectivity index (χ0n) is 14.7. The molecule has 0 spiro atoms. The first-order chi connectivity index (χ1) is 10.3. The molecule has 0 bridgehead atoms. The summed E-state index contributed by atoms with van der Waals surface area (Å²) in [5.41, 5.74) is 1.00. The molecule has 22 heavy (non-hydrogen) atoms. The van der Waals surface area contributed by atoms with Crippen molar-refractivity contribution in [3.05, 3.63) is 24.3 Å². The van der Waals surface area contributed by atoms with E-state index in [4.69, 9.17) is 9.47 Å². The van der Waals surface area contributed by atoms with Crippen molar-refractivity contribution in [2.75, 3.05) is 33.9 Å². The third kappa shape index (κ3) is 14.8. The number of unbranched alkanes of at least 4 members (excludes halogenated alkanes) is 1. The number of ether oxygens (including phenoxy) is 2. The van der Waals surface area contributed by atoms with Gasteiger partial charge in [0.15, 0.2) is 0 Å². The zero-order chi connectivity index (χ0) is 17.5. The second kappa shape index (κ2) is 14.3. The Balaban J connectivity index is 0. The molecule has 0 aromatic carbocycles. The lowest BCUT2D eigenvalue weighted by Crippen LogP contribution is -2.20. The second-order valence-corrected chi connectivity index (χ2v) is 5.17. The van der Waals surface area contributed by atoms with Crippen molar-refractivity contribution in [1.29, 1.82) is 0 Å². The van der Waals surface area contributed by atoms with E-state index in [1.165, 1.54) is 0 Å².